The van der Waals surface area contributed by atoms with Gasteiger partial charge in [-0.25, -0.2) is 0 Å². The van der Waals surface area contributed by atoms with Crippen molar-refractivity contribution in [2.24, 2.45) is 0 Å². The molecule has 2 aromatic carbocycles. The zero-order chi connectivity index (χ0) is 24.2. The van der Waals surface area contributed by atoms with Crippen LogP contribution in [-0.4, -0.2) is 27.5 Å². The van der Waals surface area contributed by atoms with Gasteiger partial charge in [0.05, 0.1) is 12.7 Å². The van der Waals surface area contributed by atoms with E-state index in [-0.39, 0.29) is 69.4 Å². The monoisotopic (exact) mass is 450 g/mol. The minimum absolute atomic E-state index is 0.0307. The first-order valence-corrected chi connectivity index (χ1v) is 10.5. The van der Waals surface area contributed by atoms with Crippen molar-refractivity contribution >= 4 is 11.0 Å². The number of ether oxygens (including phenoxy) is 1. The molecule has 1 aliphatic carbocycles. The van der Waals surface area contributed by atoms with Gasteiger partial charge in [0, 0.05) is 34.7 Å². The van der Waals surface area contributed by atoms with Crippen LogP contribution in [0.4, 0.5) is 0 Å². The average Bonchev–Trinajstić information content (AvgIpc) is 2.74. The molecule has 4 rings (SSSR count). The van der Waals surface area contributed by atoms with E-state index < -0.39 is 11.3 Å². The number of phenols is 4. The van der Waals surface area contributed by atoms with E-state index >= 15 is 0 Å². The summed E-state index contributed by atoms with van der Waals surface area (Å²) in [7, 11) is 1.38. The highest BCUT2D eigenvalue weighted by atomic mass is 16.5. The Balaban J connectivity index is 2.16. The molecule has 7 nitrogen and oxygen atoms in total. The Morgan fingerprint density at radius 3 is 2.45 bits per heavy atom. The molecule has 1 aliphatic rings. The van der Waals surface area contributed by atoms with Crippen LogP contribution in [0.1, 0.15) is 43.4 Å². The maximum Gasteiger partial charge on any atom is 0.200 e. The molecule has 7 heteroatoms. The summed E-state index contributed by atoms with van der Waals surface area (Å²) in [6.07, 6.45) is 2.29. The number of hydrogen-bond acceptors (Lipinski definition) is 7. The van der Waals surface area contributed by atoms with E-state index in [0.29, 0.717) is 16.7 Å². The van der Waals surface area contributed by atoms with Crippen LogP contribution < -0.4 is 10.2 Å². The van der Waals surface area contributed by atoms with Gasteiger partial charge in [0.15, 0.2) is 16.9 Å². The molecule has 1 atom stereocenters. The van der Waals surface area contributed by atoms with Crippen LogP contribution in [0.3, 0.4) is 0 Å². The number of rotatable bonds is 4. The van der Waals surface area contributed by atoms with E-state index in [9.17, 15) is 25.2 Å². The number of allylic oxidation sites excluding steroid dienone is 3. The second kappa shape index (κ2) is 7.92. The summed E-state index contributed by atoms with van der Waals surface area (Å²) in [5, 5.41) is 42.7. The summed E-state index contributed by atoms with van der Waals surface area (Å²) in [5.41, 5.74) is 2.34. The Morgan fingerprint density at radius 1 is 1.15 bits per heavy atom. The van der Waals surface area contributed by atoms with Crippen LogP contribution in [0.5, 0.6) is 28.7 Å². The molecule has 1 aromatic heterocycles. The van der Waals surface area contributed by atoms with Gasteiger partial charge in [0.1, 0.15) is 34.0 Å². The van der Waals surface area contributed by atoms with E-state index in [1.807, 2.05) is 19.9 Å². The summed E-state index contributed by atoms with van der Waals surface area (Å²) in [4.78, 5) is 13.6. The SMILES string of the molecule is C=C(C)C1Cc2c(oc3c(CC=C(C)C)c(O)cc(O)c3c2=O)-c2c(O)cc(OC)c(O)c21. The molecule has 172 valence electrons. The van der Waals surface area contributed by atoms with Crippen LogP contribution in [0.15, 0.2) is 45.1 Å². The fraction of sp³-hybridized carbons (Fsp3) is 0.269. The van der Waals surface area contributed by atoms with E-state index in [1.54, 1.807) is 6.92 Å². The van der Waals surface area contributed by atoms with E-state index in [2.05, 4.69) is 6.58 Å². The van der Waals surface area contributed by atoms with Gasteiger partial charge in [-0.1, -0.05) is 23.8 Å². The predicted octanol–water partition coefficient (Wildman–Crippen LogP) is 5.02. The van der Waals surface area contributed by atoms with Crippen LogP contribution in [0.25, 0.3) is 22.3 Å². The molecule has 1 unspecified atom stereocenters. The van der Waals surface area contributed by atoms with Crippen LogP contribution in [0, 0.1) is 0 Å². The summed E-state index contributed by atoms with van der Waals surface area (Å²) in [5.74, 6) is -1.32. The van der Waals surface area contributed by atoms with Crippen LogP contribution in [0.2, 0.25) is 0 Å². The smallest absolute Gasteiger partial charge is 0.200 e. The molecule has 0 spiro atoms. The fourth-order valence-electron chi connectivity index (χ4n) is 4.43. The van der Waals surface area contributed by atoms with Crippen molar-refractivity contribution in [1.29, 1.82) is 0 Å². The van der Waals surface area contributed by atoms with Gasteiger partial charge in [-0.3, -0.25) is 4.79 Å². The van der Waals surface area contributed by atoms with Crippen molar-refractivity contribution in [3.05, 3.63) is 62.8 Å². The lowest BCUT2D eigenvalue weighted by molar-refractivity contribution is 0.363. The van der Waals surface area contributed by atoms with Crippen LogP contribution >= 0.6 is 0 Å². The van der Waals surface area contributed by atoms with Gasteiger partial charge in [-0.15, -0.1) is 0 Å². The van der Waals surface area contributed by atoms with Gasteiger partial charge >= 0.3 is 0 Å². The summed E-state index contributed by atoms with van der Waals surface area (Å²) >= 11 is 0. The summed E-state index contributed by atoms with van der Waals surface area (Å²) < 4.78 is 11.4. The second-order valence-electron chi connectivity index (χ2n) is 8.66. The minimum atomic E-state index is -0.488. The molecule has 0 bridgehead atoms. The lowest BCUT2D eigenvalue weighted by atomic mass is 9.77. The molecule has 0 amide bonds. The van der Waals surface area contributed by atoms with Crippen LogP contribution in [-0.2, 0) is 12.8 Å². The quantitative estimate of drug-likeness (QED) is 0.325. The highest BCUT2D eigenvalue weighted by molar-refractivity contribution is 5.92. The third-order valence-electron chi connectivity index (χ3n) is 6.11. The van der Waals surface area contributed by atoms with E-state index in [0.717, 1.165) is 11.6 Å². The van der Waals surface area contributed by atoms with E-state index in [4.69, 9.17) is 9.15 Å². The normalized spacial score (nSPS) is 14.5. The van der Waals surface area contributed by atoms with Crippen molar-refractivity contribution < 1.29 is 29.6 Å². The molecular weight excluding hydrogens is 424 g/mol. The molecular formula is C26H26O7. The van der Waals surface area contributed by atoms with Gasteiger partial charge < -0.3 is 29.6 Å². The van der Waals surface area contributed by atoms with Crippen molar-refractivity contribution in [2.75, 3.05) is 7.11 Å². The van der Waals surface area contributed by atoms with Crippen molar-refractivity contribution in [3.8, 4) is 40.1 Å². The topological polar surface area (TPSA) is 120 Å². The summed E-state index contributed by atoms with van der Waals surface area (Å²) in [6, 6.07) is 2.40. The maximum absolute atomic E-state index is 13.6. The molecule has 1 heterocycles. The maximum atomic E-state index is 13.6. The second-order valence-corrected chi connectivity index (χ2v) is 8.66. The number of phenolic OH excluding ortho intramolecular Hbond substituents is 4. The standard InChI is InChI=1S/C26H26O7/c1-11(2)6-7-13-16(27)9-17(28)22-23(30)15-8-14(12(3)4)20-21(26(15)33-25(13)22)18(29)10-19(32-5)24(20)31/h6,9-10,14,27-29,31H,3,7-8H2,1-2,4-5H3. The molecule has 0 aliphatic heterocycles. The number of hydrogen-bond donors (Lipinski definition) is 4. The Labute approximate surface area is 190 Å². The molecule has 33 heavy (non-hydrogen) atoms. The highest BCUT2D eigenvalue weighted by Crippen LogP contribution is 2.53. The van der Waals surface area contributed by atoms with E-state index in [1.165, 1.54) is 13.2 Å². The van der Waals surface area contributed by atoms with Gasteiger partial charge in [-0.05, 0) is 33.6 Å². The fourth-order valence-corrected chi connectivity index (χ4v) is 4.43. The first-order valence-electron chi connectivity index (χ1n) is 10.5. The van der Waals surface area contributed by atoms with Gasteiger partial charge in [-0.2, -0.15) is 0 Å². The molecule has 3 aromatic rings. The van der Waals surface area contributed by atoms with Gasteiger partial charge in [0.2, 0.25) is 0 Å². The third-order valence-corrected chi connectivity index (χ3v) is 6.11. The third kappa shape index (κ3) is 3.40. The molecule has 0 saturated carbocycles. The lowest BCUT2D eigenvalue weighted by Gasteiger charge is -2.29. The molecule has 4 N–H and O–H groups in total. The number of benzene rings is 2. The Bertz CT molecular complexity index is 1410. The first kappa shape index (κ1) is 22.3. The summed E-state index contributed by atoms with van der Waals surface area (Å²) in [6.45, 7) is 9.57. The van der Waals surface area contributed by atoms with Gasteiger partial charge in [0.25, 0.3) is 0 Å². The van der Waals surface area contributed by atoms with Crippen molar-refractivity contribution in [2.45, 2.75) is 39.5 Å². The highest BCUT2D eigenvalue weighted by Gasteiger charge is 2.36. The predicted molar refractivity (Wildman–Crippen MR) is 126 cm³/mol. The minimum Gasteiger partial charge on any atom is -0.507 e. The number of methoxy groups -OCH3 is 1. The molecule has 0 saturated heterocycles. The molecule has 0 radical (unpaired) electrons. The Morgan fingerprint density at radius 2 is 1.85 bits per heavy atom. The number of aromatic hydroxyl groups is 4. The Hall–Kier alpha value is -3.87. The molecule has 0 fully saturated rings. The zero-order valence-corrected chi connectivity index (χ0v) is 18.9. The average molecular weight is 450 g/mol. The number of fused-ring (bicyclic) bond motifs is 4. The van der Waals surface area contributed by atoms with Crippen molar-refractivity contribution in [1.82, 2.24) is 0 Å². The largest absolute Gasteiger partial charge is 0.507 e. The lowest BCUT2D eigenvalue weighted by Crippen LogP contribution is -2.21. The van der Waals surface area contributed by atoms with Crippen molar-refractivity contribution in [3.63, 3.8) is 0 Å². The Kier molecular flexibility index (Phi) is 5.36. The first-order chi connectivity index (χ1) is 15.6. The zero-order valence-electron chi connectivity index (χ0n) is 18.9.